The number of hydrogen-bond acceptors (Lipinski definition) is 5. The summed E-state index contributed by atoms with van der Waals surface area (Å²) in [5, 5.41) is 26.7. The Kier molecular flexibility index (Phi) is 8.12. The van der Waals surface area contributed by atoms with E-state index in [9.17, 15) is 4.79 Å². The molecule has 0 aromatic carbocycles. The molecule has 0 rings (SSSR count). The smallest absolute Gasteiger partial charge is 0.314 e. The van der Waals surface area contributed by atoms with E-state index in [4.69, 9.17) is 20.1 Å². The summed E-state index contributed by atoms with van der Waals surface area (Å²) in [4.78, 5) is 11.3. The summed E-state index contributed by atoms with van der Waals surface area (Å²) < 4.78 is 4.78. The molecule has 0 heterocycles. The van der Waals surface area contributed by atoms with Crippen LogP contribution in [0.5, 0.6) is 0 Å². The highest BCUT2D eigenvalue weighted by atomic mass is 16.7. The second-order valence-electron chi connectivity index (χ2n) is 4.24. The van der Waals surface area contributed by atoms with Gasteiger partial charge in [0, 0.05) is 6.42 Å². The van der Waals surface area contributed by atoms with Crippen molar-refractivity contribution >= 4 is 5.97 Å². The van der Waals surface area contributed by atoms with Gasteiger partial charge in [-0.3, -0.25) is 4.79 Å². The minimum atomic E-state index is -2.95. The number of rotatable bonds is 9. The maximum absolute atomic E-state index is 11.3. The summed E-state index contributed by atoms with van der Waals surface area (Å²) in [6.07, 6.45) is 4.18. The molecule has 0 saturated carbocycles. The van der Waals surface area contributed by atoms with E-state index < -0.39 is 18.0 Å². The molecule has 1 unspecified atom stereocenters. The highest BCUT2D eigenvalue weighted by molar-refractivity contribution is 5.69. The molecule has 3 N–H and O–H groups in total. The van der Waals surface area contributed by atoms with Crippen molar-refractivity contribution in [2.45, 2.75) is 70.9 Å². The summed E-state index contributed by atoms with van der Waals surface area (Å²) in [6, 6.07) is 0. The lowest BCUT2D eigenvalue weighted by Gasteiger charge is -2.24. The number of hydrogen-bond donors (Lipinski definition) is 3. The molecule has 0 aliphatic rings. The van der Waals surface area contributed by atoms with Crippen LogP contribution in [0, 0.1) is 0 Å². The van der Waals surface area contributed by atoms with Crippen LogP contribution in [0.15, 0.2) is 0 Å². The number of unbranched alkanes of at least 4 members (excludes halogenated alkanes) is 4. The van der Waals surface area contributed by atoms with Gasteiger partial charge in [-0.15, -0.1) is 0 Å². The molecule has 0 aliphatic heterocycles. The quantitative estimate of drug-likeness (QED) is 0.325. The first-order valence-corrected chi connectivity index (χ1v) is 6.28. The first-order chi connectivity index (χ1) is 7.91. The van der Waals surface area contributed by atoms with E-state index in [-0.39, 0.29) is 12.8 Å². The lowest BCUT2D eigenvalue weighted by Crippen LogP contribution is -2.44. The normalized spacial score (nSPS) is 13.5. The molecule has 0 fully saturated rings. The average Bonchev–Trinajstić information content (AvgIpc) is 2.24. The summed E-state index contributed by atoms with van der Waals surface area (Å²) in [7, 11) is 0. The Labute approximate surface area is 102 Å². The molecule has 102 valence electrons. The van der Waals surface area contributed by atoms with Crippen LogP contribution in [0.25, 0.3) is 0 Å². The Morgan fingerprint density at radius 2 is 1.71 bits per heavy atom. The molecule has 17 heavy (non-hydrogen) atoms. The van der Waals surface area contributed by atoms with Crippen LogP contribution >= 0.6 is 0 Å². The van der Waals surface area contributed by atoms with E-state index in [0.717, 1.165) is 32.1 Å². The maximum Gasteiger partial charge on any atom is 0.314 e. The van der Waals surface area contributed by atoms with Gasteiger partial charge in [0.1, 0.15) is 0 Å². The summed E-state index contributed by atoms with van der Waals surface area (Å²) in [5.74, 6) is -3.46. The second kappa shape index (κ2) is 8.44. The molecule has 0 amide bonds. The van der Waals surface area contributed by atoms with Crippen LogP contribution in [0.3, 0.4) is 0 Å². The van der Waals surface area contributed by atoms with E-state index in [1.54, 1.807) is 6.92 Å². The zero-order chi connectivity index (χ0) is 13.3. The largest absolute Gasteiger partial charge is 0.454 e. The van der Waals surface area contributed by atoms with Crippen LogP contribution < -0.4 is 0 Å². The van der Waals surface area contributed by atoms with E-state index in [2.05, 4.69) is 6.92 Å². The van der Waals surface area contributed by atoms with Crippen molar-refractivity contribution in [1.82, 2.24) is 0 Å². The minimum absolute atomic E-state index is 0.144. The Balaban J connectivity index is 3.77. The number of aliphatic hydroxyl groups is 3. The van der Waals surface area contributed by atoms with Gasteiger partial charge in [0.2, 0.25) is 0 Å². The predicted molar refractivity (Wildman–Crippen MR) is 62.9 cm³/mol. The zero-order valence-corrected chi connectivity index (χ0v) is 10.7. The van der Waals surface area contributed by atoms with Crippen molar-refractivity contribution in [2.24, 2.45) is 0 Å². The number of ether oxygens (including phenoxy) is 1. The fourth-order valence-corrected chi connectivity index (χ4v) is 1.53. The van der Waals surface area contributed by atoms with Crippen molar-refractivity contribution in [3.05, 3.63) is 0 Å². The van der Waals surface area contributed by atoms with Gasteiger partial charge < -0.3 is 20.1 Å². The average molecular weight is 248 g/mol. The summed E-state index contributed by atoms with van der Waals surface area (Å²) >= 11 is 0. The van der Waals surface area contributed by atoms with Crippen molar-refractivity contribution < 1.29 is 24.9 Å². The molecule has 0 saturated heterocycles. The summed E-state index contributed by atoms with van der Waals surface area (Å²) in [6.45, 7) is 3.71. The van der Waals surface area contributed by atoms with Gasteiger partial charge in [0.15, 0.2) is 6.10 Å². The standard InChI is InChI=1S/C12H24O5/c1-3-5-6-7-8-9-11(13)17-10(4-2)12(14,15)16/h10,14-16H,3-9H2,1-2H3. The van der Waals surface area contributed by atoms with E-state index in [1.165, 1.54) is 0 Å². The van der Waals surface area contributed by atoms with Gasteiger partial charge in [0.05, 0.1) is 0 Å². The van der Waals surface area contributed by atoms with Crippen molar-refractivity contribution in [3.63, 3.8) is 0 Å². The third-order valence-corrected chi connectivity index (χ3v) is 2.56. The lowest BCUT2D eigenvalue weighted by molar-refractivity contribution is -0.356. The minimum Gasteiger partial charge on any atom is -0.454 e. The molecule has 0 aromatic heterocycles. The third-order valence-electron chi connectivity index (χ3n) is 2.56. The van der Waals surface area contributed by atoms with Crippen LogP contribution in [-0.2, 0) is 9.53 Å². The first-order valence-electron chi connectivity index (χ1n) is 6.28. The fraction of sp³-hybridized carbons (Fsp3) is 0.917. The van der Waals surface area contributed by atoms with Gasteiger partial charge in [-0.05, 0) is 12.8 Å². The Morgan fingerprint density at radius 3 is 2.18 bits per heavy atom. The molecule has 0 spiro atoms. The van der Waals surface area contributed by atoms with Gasteiger partial charge in [-0.2, -0.15) is 0 Å². The van der Waals surface area contributed by atoms with Crippen LogP contribution in [-0.4, -0.2) is 33.4 Å². The molecule has 5 nitrogen and oxygen atoms in total. The lowest BCUT2D eigenvalue weighted by atomic mass is 10.1. The van der Waals surface area contributed by atoms with E-state index >= 15 is 0 Å². The topological polar surface area (TPSA) is 87.0 Å². The highest BCUT2D eigenvalue weighted by Gasteiger charge is 2.33. The number of carbonyl (C=O) groups excluding carboxylic acids is 1. The SMILES string of the molecule is CCCCCCCC(=O)OC(CC)C(O)(O)O. The molecule has 0 aliphatic carbocycles. The van der Waals surface area contributed by atoms with Crippen molar-refractivity contribution in [2.75, 3.05) is 0 Å². The second-order valence-corrected chi connectivity index (χ2v) is 4.24. The molecule has 1 atom stereocenters. The maximum atomic E-state index is 11.3. The monoisotopic (exact) mass is 248 g/mol. The van der Waals surface area contributed by atoms with Crippen molar-refractivity contribution in [3.8, 4) is 0 Å². The highest BCUT2D eigenvalue weighted by Crippen LogP contribution is 2.13. The van der Waals surface area contributed by atoms with Gasteiger partial charge in [0.25, 0.3) is 0 Å². The molecular weight excluding hydrogens is 224 g/mol. The Hall–Kier alpha value is -0.650. The van der Waals surface area contributed by atoms with E-state index in [0.29, 0.717) is 0 Å². The number of esters is 1. The molecule has 0 aromatic rings. The predicted octanol–water partition coefficient (Wildman–Crippen LogP) is 1.30. The zero-order valence-electron chi connectivity index (χ0n) is 10.7. The van der Waals surface area contributed by atoms with Gasteiger partial charge in [-0.1, -0.05) is 39.5 Å². The Morgan fingerprint density at radius 1 is 1.12 bits per heavy atom. The first kappa shape index (κ1) is 16.4. The van der Waals surface area contributed by atoms with Crippen LogP contribution in [0.2, 0.25) is 0 Å². The fourth-order valence-electron chi connectivity index (χ4n) is 1.53. The van der Waals surface area contributed by atoms with Gasteiger partial charge in [-0.25, -0.2) is 0 Å². The van der Waals surface area contributed by atoms with Gasteiger partial charge >= 0.3 is 11.9 Å². The van der Waals surface area contributed by atoms with Crippen LogP contribution in [0.1, 0.15) is 58.8 Å². The number of carbonyl (C=O) groups is 1. The van der Waals surface area contributed by atoms with Crippen LogP contribution in [0.4, 0.5) is 0 Å². The van der Waals surface area contributed by atoms with E-state index in [1.807, 2.05) is 0 Å². The molecule has 0 bridgehead atoms. The Bertz CT molecular complexity index is 209. The summed E-state index contributed by atoms with van der Waals surface area (Å²) in [5.41, 5.74) is 0. The van der Waals surface area contributed by atoms with Crippen molar-refractivity contribution in [1.29, 1.82) is 0 Å². The third kappa shape index (κ3) is 8.12. The molecule has 5 heteroatoms. The molecular formula is C12H24O5. The molecule has 0 radical (unpaired) electrons.